The highest BCUT2D eigenvalue weighted by atomic mass is 32.2. The molecule has 96 valence electrons. The summed E-state index contributed by atoms with van der Waals surface area (Å²) in [6.45, 7) is 0. The van der Waals surface area contributed by atoms with Gasteiger partial charge in [-0.3, -0.25) is 0 Å². The first-order valence-corrected chi connectivity index (χ1v) is 6.67. The molecule has 0 aliphatic heterocycles. The Balaban J connectivity index is 2.97. The average Bonchev–Trinajstić information content (AvgIpc) is 2.15. The third-order valence-corrected chi connectivity index (χ3v) is 4.40. The number of thioether (sulfide) groups is 1. The van der Waals surface area contributed by atoms with Crippen LogP contribution < -0.4 is 0 Å². The van der Waals surface area contributed by atoms with Crippen molar-refractivity contribution in [3.63, 3.8) is 0 Å². The molecule has 8 heteroatoms. The Bertz CT molecular complexity index is 480. The van der Waals surface area contributed by atoms with Gasteiger partial charge in [-0.15, -0.1) is 0 Å². The van der Waals surface area contributed by atoms with E-state index in [1.54, 1.807) is 0 Å². The molecule has 0 unspecified atom stereocenters. The fourth-order valence-electron chi connectivity index (χ4n) is 1.02. The van der Waals surface area contributed by atoms with Gasteiger partial charge in [-0.1, -0.05) is 0 Å². The van der Waals surface area contributed by atoms with Crippen molar-refractivity contribution >= 4 is 21.8 Å². The van der Waals surface area contributed by atoms with Crippen LogP contribution in [0.1, 0.15) is 0 Å². The van der Waals surface area contributed by atoms with Crippen LogP contribution >= 0.6 is 11.8 Å². The van der Waals surface area contributed by atoms with E-state index < -0.39 is 15.5 Å². The fourth-order valence-corrected chi connectivity index (χ4v) is 2.47. The summed E-state index contributed by atoms with van der Waals surface area (Å²) in [5, 5.41) is 0. The Morgan fingerprint density at radius 3 is 1.94 bits per heavy atom. The number of benzene rings is 1. The zero-order valence-corrected chi connectivity index (χ0v) is 10.7. The number of nitrogens with zero attached hydrogens (tertiary/aromatic N) is 1. The summed E-state index contributed by atoms with van der Waals surface area (Å²) >= 11 is -0.280. The molecule has 3 nitrogen and oxygen atoms in total. The van der Waals surface area contributed by atoms with Crippen LogP contribution in [-0.4, -0.2) is 32.3 Å². The van der Waals surface area contributed by atoms with Gasteiger partial charge < -0.3 is 0 Å². The van der Waals surface area contributed by atoms with Gasteiger partial charge in [0, 0.05) is 19.0 Å². The molecule has 0 atom stereocenters. The molecule has 0 aliphatic carbocycles. The first-order valence-electron chi connectivity index (χ1n) is 4.41. The minimum absolute atomic E-state index is 0.0333. The number of hydrogen-bond donors (Lipinski definition) is 0. The van der Waals surface area contributed by atoms with Gasteiger partial charge in [0.2, 0.25) is 10.0 Å². The molecule has 0 aromatic heterocycles. The Hall–Kier alpha value is -0.730. The van der Waals surface area contributed by atoms with Gasteiger partial charge in [-0.2, -0.15) is 13.2 Å². The van der Waals surface area contributed by atoms with Crippen LogP contribution in [0.2, 0.25) is 0 Å². The summed E-state index contributed by atoms with van der Waals surface area (Å²) in [6, 6.07) is 4.58. The molecule has 0 saturated carbocycles. The lowest BCUT2D eigenvalue weighted by molar-refractivity contribution is -0.0328. The molecule has 0 saturated heterocycles. The Labute approximate surface area is 102 Å². The smallest absolute Gasteiger partial charge is 0.207 e. The lowest BCUT2D eigenvalue weighted by atomic mass is 10.4. The number of hydrogen-bond acceptors (Lipinski definition) is 3. The monoisotopic (exact) mass is 285 g/mol. The molecule has 0 N–H and O–H groups in total. The van der Waals surface area contributed by atoms with Crippen LogP contribution in [0.25, 0.3) is 0 Å². The lowest BCUT2D eigenvalue weighted by Gasteiger charge is -2.11. The van der Waals surface area contributed by atoms with Crippen molar-refractivity contribution in [1.29, 1.82) is 0 Å². The van der Waals surface area contributed by atoms with Gasteiger partial charge in [0.15, 0.2) is 0 Å². The molecule has 0 heterocycles. The van der Waals surface area contributed by atoms with Crippen molar-refractivity contribution in [2.24, 2.45) is 0 Å². The zero-order chi connectivity index (χ0) is 13.3. The van der Waals surface area contributed by atoms with Crippen LogP contribution in [0.15, 0.2) is 34.1 Å². The maximum absolute atomic E-state index is 12.0. The Morgan fingerprint density at radius 2 is 1.59 bits per heavy atom. The second-order valence-electron chi connectivity index (χ2n) is 3.31. The predicted octanol–water partition coefficient (Wildman–Crippen LogP) is 2.55. The van der Waals surface area contributed by atoms with Gasteiger partial charge in [0.25, 0.3) is 0 Å². The minimum Gasteiger partial charge on any atom is -0.207 e. The molecular weight excluding hydrogens is 275 g/mol. The van der Waals surface area contributed by atoms with E-state index in [1.165, 1.54) is 14.1 Å². The molecule has 1 aromatic rings. The van der Waals surface area contributed by atoms with Crippen molar-refractivity contribution in [3.8, 4) is 0 Å². The number of alkyl halides is 3. The largest absolute Gasteiger partial charge is 0.446 e. The molecule has 17 heavy (non-hydrogen) atoms. The number of rotatable bonds is 3. The fraction of sp³-hybridized carbons (Fsp3) is 0.333. The maximum atomic E-state index is 12.0. The van der Waals surface area contributed by atoms with E-state index in [0.717, 1.165) is 28.6 Å². The van der Waals surface area contributed by atoms with Crippen LogP contribution in [0.3, 0.4) is 0 Å². The molecule has 0 bridgehead atoms. The minimum atomic E-state index is -4.37. The van der Waals surface area contributed by atoms with Crippen LogP contribution in [0.4, 0.5) is 13.2 Å². The molecule has 1 aromatic carbocycles. The number of sulfonamides is 1. The predicted molar refractivity (Wildman–Crippen MR) is 59.2 cm³/mol. The standard InChI is InChI=1S/C9H10F3NO2S2/c1-13(2)17(14,15)8-5-3-7(4-6-8)16-9(10,11)12/h3-6H,1-2H3. The van der Waals surface area contributed by atoms with E-state index in [4.69, 9.17) is 0 Å². The van der Waals surface area contributed by atoms with Gasteiger partial charge in [0.05, 0.1) is 4.90 Å². The summed E-state index contributed by atoms with van der Waals surface area (Å²) in [7, 11) is -0.885. The van der Waals surface area contributed by atoms with E-state index in [2.05, 4.69) is 0 Å². The van der Waals surface area contributed by atoms with Crippen molar-refractivity contribution in [2.45, 2.75) is 15.3 Å². The Morgan fingerprint density at radius 1 is 1.12 bits per heavy atom. The summed E-state index contributed by atoms with van der Waals surface area (Å²) in [4.78, 5) is -0.0794. The molecule has 0 radical (unpaired) electrons. The topological polar surface area (TPSA) is 37.4 Å². The molecular formula is C9H10F3NO2S2. The molecule has 0 aliphatic rings. The van der Waals surface area contributed by atoms with E-state index in [1.807, 2.05) is 0 Å². The van der Waals surface area contributed by atoms with Crippen molar-refractivity contribution in [1.82, 2.24) is 4.31 Å². The highest BCUT2D eigenvalue weighted by Gasteiger charge is 2.29. The summed E-state index contributed by atoms with van der Waals surface area (Å²) in [5.41, 5.74) is -4.37. The second kappa shape index (κ2) is 4.87. The van der Waals surface area contributed by atoms with E-state index in [-0.39, 0.29) is 21.6 Å². The second-order valence-corrected chi connectivity index (χ2v) is 6.60. The highest BCUT2D eigenvalue weighted by Crippen LogP contribution is 2.36. The van der Waals surface area contributed by atoms with Crippen molar-refractivity contribution in [3.05, 3.63) is 24.3 Å². The van der Waals surface area contributed by atoms with E-state index in [9.17, 15) is 21.6 Å². The van der Waals surface area contributed by atoms with Crippen LogP contribution in [0, 0.1) is 0 Å². The van der Waals surface area contributed by atoms with Crippen LogP contribution in [-0.2, 0) is 10.0 Å². The van der Waals surface area contributed by atoms with Crippen molar-refractivity contribution < 1.29 is 21.6 Å². The first-order chi connectivity index (χ1) is 7.63. The summed E-state index contributed by atoms with van der Waals surface area (Å²) in [5.74, 6) is 0. The lowest BCUT2D eigenvalue weighted by Crippen LogP contribution is -2.22. The molecule has 0 amide bonds. The van der Waals surface area contributed by atoms with Crippen LogP contribution in [0.5, 0.6) is 0 Å². The Kier molecular flexibility index (Phi) is 4.11. The third kappa shape index (κ3) is 3.90. The summed E-state index contributed by atoms with van der Waals surface area (Å²) in [6.07, 6.45) is 0. The van der Waals surface area contributed by atoms with Gasteiger partial charge in [-0.25, -0.2) is 12.7 Å². The summed E-state index contributed by atoms with van der Waals surface area (Å²) < 4.78 is 60.4. The average molecular weight is 285 g/mol. The zero-order valence-electron chi connectivity index (χ0n) is 9.02. The van der Waals surface area contributed by atoms with E-state index >= 15 is 0 Å². The normalized spacial score (nSPS) is 13.1. The molecule has 1 rings (SSSR count). The highest BCUT2D eigenvalue weighted by molar-refractivity contribution is 8.00. The van der Waals surface area contributed by atoms with Crippen molar-refractivity contribution in [2.75, 3.05) is 14.1 Å². The quantitative estimate of drug-likeness (QED) is 0.801. The van der Waals surface area contributed by atoms with Gasteiger partial charge in [0.1, 0.15) is 0 Å². The van der Waals surface area contributed by atoms with E-state index in [0.29, 0.717) is 0 Å². The maximum Gasteiger partial charge on any atom is 0.446 e. The third-order valence-electron chi connectivity index (χ3n) is 1.84. The SMILES string of the molecule is CN(C)S(=O)(=O)c1ccc(SC(F)(F)F)cc1. The first kappa shape index (κ1) is 14.3. The number of halogens is 3. The molecule has 0 spiro atoms. The van der Waals surface area contributed by atoms with Gasteiger partial charge >= 0.3 is 5.51 Å². The van der Waals surface area contributed by atoms with Gasteiger partial charge in [-0.05, 0) is 36.0 Å². The molecule has 0 fully saturated rings.